The zero-order valence-electron chi connectivity index (χ0n) is 18.1. The van der Waals surface area contributed by atoms with Gasteiger partial charge in [0.2, 0.25) is 0 Å². The molecule has 0 radical (unpaired) electrons. The smallest absolute Gasteiger partial charge is 0.271 e. The highest BCUT2D eigenvalue weighted by molar-refractivity contribution is 6.11. The third-order valence-electron chi connectivity index (χ3n) is 6.11. The number of para-hydroxylation sites is 1. The van der Waals surface area contributed by atoms with Crippen LogP contribution < -0.4 is 15.6 Å². The van der Waals surface area contributed by atoms with Gasteiger partial charge in [-0.15, -0.1) is 0 Å². The van der Waals surface area contributed by atoms with Crippen LogP contribution in [0.15, 0.2) is 59.4 Å². The number of rotatable bonds is 7. The van der Waals surface area contributed by atoms with Crippen LogP contribution in [0.1, 0.15) is 33.7 Å². The average Bonchev–Trinajstić information content (AvgIpc) is 3.45. The molecule has 5 rings (SSSR count). The van der Waals surface area contributed by atoms with Crippen molar-refractivity contribution in [1.29, 1.82) is 0 Å². The first-order chi connectivity index (χ1) is 15.9. The number of methoxy groups -OCH3 is 1. The maximum Gasteiger partial charge on any atom is 0.271 e. The summed E-state index contributed by atoms with van der Waals surface area (Å²) in [6.07, 6.45) is 1.28. The SMILES string of the molecule is COc1c(C(=O)NCC2(O)CC2)[nH]c2c1c(=O)n(CC(=O)c1ccccc1)c1ccccc21. The largest absolute Gasteiger partial charge is 0.493 e. The highest BCUT2D eigenvalue weighted by Crippen LogP contribution is 2.35. The molecule has 8 nitrogen and oxygen atoms in total. The van der Waals surface area contributed by atoms with Crippen LogP contribution in [-0.2, 0) is 6.54 Å². The third kappa shape index (κ3) is 3.68. The molecule has 8 heteroatoms. The number of carbonyl (C=O) groups is 2. The van der Waals surface area contributed by atoms with Gasteiger partial charge in [-0.25, -0.2) is 0 Å². The van der Waals surface area contributed by atoms with E-state index in [2.05, 4.69) is 10.3 Å². The molecular formula is C25H23N3O5. The molecule has 4 aromatic rings. The number of H-pyrrole nitrogens is 1. The maximum absolute atomic E-state index is 13.6. The fourth-order valence-electron chi connectivity index (χ4n) is 4.09. The number of aromatic nitrogens is 2. The number of Topliss-reactive ketones (excluding diaryl/α,β-unsaturated/α-hetero) is 1. The number of ketones is 1. The van der Waals surface area contributed by atoms with Crippen molar-refractivity contribution >= 4 is 33.5 Å². The van der Waals surface area contributed by atoms with Gasteiger partial charge in [-0.3, -0.25) is 19.0 Å². The van der Waals surface area contributed by atoms with Crippen molar-refractivity contribution in [3.05, 3.63) is 76.2 Å². The Bertz CT molecular complexity index is 1450. The minimum absolute atomic E-state index is 0.103. The molecule has 0 bridgehead atoms. The molecule has 0 unspecified atom stereocenters. The number of pyridine rings is 1. The van der Waals surface area contributed by atoms with Gasteiger partial charge in [-0.05, 0) is 18.9 Å². The fraction of sp³-hybridized carbons (Fsp3) is 0.240. The number of nitrogens with one attached hydrogen (secondary N) is 2. The summed E-state index contributed by atoms with van der Waals surface area (Å²) in [6, 6.07) is 16.0. The van der Waals surface area contributed by atoms with Crippen molar-refractivity contribution in [3.8, 4) is 5.75 Å². The van der Waals surface area contributed by atoms with E-state index >= 15 is 0 Å². The number of hydrogen-bond donors (Lipinski definition) is 3. The zero-order valence-corrected chi connectivity index (χ0v) is 18.1. The molecule has 1 saturated carbocycles. The number of nitrogens with zero attached hydrogens (tertiary/aromatic N) is 1. The van der Waals surface area contributed by atoms with Crippen molar-refractivity contribution in [2.45, 2.75) is 25.0 Å². The van der Waals surface area contributed by atoms with Gasteiger partial charge >= 0.3 is 0 Å². The van der Waals surface area contributed by atoms with E-state index in [0.717, 1.165) is 0 Å². The van der Waals surface area contributed by atoms with E-state index in [1.165, 1.54) is 11.7 Å². The lowest BCUT2D eigenvalue weighted by Crippen LogP contribution is -2.33. The molecule has 0 spiro atoms. The highest BCUT2D eigenvalue weighted by Gasteiger charge is 2.40. The molecule has 0 saturated heterocycles. The molecule has 1 amide bonds. The molecule has 2 aromatic carbocycles. The van der Waals surface area contributed by atoms with Crippen molar-refractivity contribution in [3.63, 3.8) is 0 Å². The van der Waals surface area contributed by atoms with Crippen LogP contribution in [0.4, 0.5) is 0 Å². The van der Waals surface area contributed by atoms with E-state index in [-0.39, 0.29) is 35.7 Å². The number of benzene rings is 2. The lowest BCUT2D eigenvalue weighted by Gasteiger charge is -2.11. The second kappa shape index (κ2) is 7.90. The first-order valence-electron chi connectivity index (χ1n) is 10.7. The Hall–Kier alpha value is -3.91. The van der Waals surface area contributed by atoms with Crippen LogP contribution >= 0.6 is 0 Å². The molecule has 3 N–H and O–H groups in total. The molecule has 0 atom stereocenters. The summed E-state index contributed by atoms with van der Waals surface area (Å²) in [5.74, 6) is -0.562. The van der Waals surface area contributed by atoms with Gasteiger partial charge < -0.3 is 20.1 Å². The summed E-state index contributed by atoms with van der Waals surface area (Å²) in [5, 5.41) is 13.6. The lowest BCUT2D eigenvalue weighted by molar-refractivity contribution is 0.0889. The van der Waals surface area contributed by atoms with Crippen LogP contribution in [0, 0.1) is 0 Å². The standard InChI is InChI=1S/C25H23N3O5/c1-33-22-19-20(27-21(22)23(30)26-14-25(32)11-12-25)16-9-5-6-10-17(16)28(24(19)31)13-18(29)15-7-3-2-4-8-15/h2-10,27,32H,11-14H2,1H3,(H,26,30). The quantitative estimate of drug-likeness (QED) is 0.379. The van der Waals surface area contributed by atoms with Crippen LogP contribution in [0.3, 0.4) is 0 Å². The minimum atomic E-state index is -0.855. The Morgan fingerprint density at radius 2 is 1.82 bits per heavy atom. The summed E-state index contributed by atoms with van der Waals surface area (Å²) in [4.78, 5) is 42.4. The predicted octanol–water partition coefficient (Wildman–Crippen LogP) is 2.63. The molecule has 0 aliphatic heterocycles. The average molecular weight is 445 g/mol. The summed E-state index contributed by atoms with van der Waals surface area (Å²) < 4.78 is 6.90. The van der Waals surface area contributed by atoms with Crippen LogP contribution in [0.25, 0.3) is 21.8 Å². The van der Waals surface area contributed by atoms with Gasteiger partial charge in [0.25, 0.3) is 11.5 Å². The first kappa shape index (κ1) is 21.0. The number of aromatic amines is 1. The summed E-state index contributed by atoms with van der Waals surface area (Å²) in [5.41, 5.74) is 0.361. The number of amides is 1. The number of hydrogen-bond acceptors (Lipinski definition) is 5. The third-order valence-corrected chi connectivity index (χ3v) is 6.11. The van der Waals surface area contributed by atoms with Crippen LogP contribution in [0.5, 0.6) is 5.75 Å². The van der Waals surface area contributed by atoms with Gasteiger partial charge in [0.1, 0.15) is 11.1 Å². The molecule has 2 heterocycles. The van der Waals surface area contributed by atoms with Crippen molar-refractivity contribution in [1.82, 2.24) is 14.9 Å². The monoisotopic (exact) mass is 445 g/mol. The first-order valence-corrected chi connectivity index (χ1v) is 10.7. The molecule has 1 fully saturated rings. The maximum atomic E-state index is 13.6. The minimum Gasteiger partial charge on any atom is -0.493 e. The topological polar surface area (TPSA) is 113 Å². The molecule has 168 valence electrons. The van der Waals surface area contributed by atoms with Crippen LogP contribution in [0.2, 0.25) is 0 Å². The van der Waals surface area contributed by atoms with E-state index in [1.54, 1.807) is 36.4 Å². The van der Waals surface area contributed by atoms with E-state index in [9.17, 15) is 19.5 Å². The number of aliphatic hydroxyl groups is 1. The summed E-state index contributed by atoms with van der Waals surface area (Å²) in [6.45, 7) is -0.0247. The molecule has 33 heavy (non-hydrogen) atoms. The zero-order chi connectivity index (χ0) is 23.2. The number of fused-ring (bicyclic) bond motifs is 3. The van der Waals surface area contributed by atoms with Gasteiger partial charge in [-0.2, -0.15) is 0 Å². The van der Waals surface area contributed by atoms with Crippen molar-refractivity contribution in [2.75, 3.05) is 13.7 Å². The van der Waals surface area contributed by atoms with E-state index < -0.39 is 17.1 Å². The Morgan fingerprint density at radius 1 is 1.12 bits per heavy atom. The Kier molecular flexibility index (Phi) is 5.02. The highest BCUT2D eigenvalue weighted by atomic mass is 16.5. The van der Waals surface area contributed by atoms with Crippen molar-refractivity contribution < 1.29 is 19.4 Å². The number of carbonyl (C=O) groups excluding carboxylic acids is 2. The van der Waals surface area contributed by atoms with Crippen LogP contribution in [-0.4, -0.2) is 45.6 Å². The summed E-state index contributed by atoms with van der Waals surface area (Å²) >= 11 is 0. The molecular weight excluding hydrogens is 422 g/mol. The van der Waals surface area contributed by atoms with Crippen molar-refractivity contribution in [2.24, 2.45) is 0 Å². The molecule has 1 aliphatic carbocycles. The molecule has 1 aliphatic rings. The Labute approximate surface area is 188 Å². The summed E-state index contributed by atoms with van der Waals surface area (Å²) in [7, 11) is 1.39. The van der Waals surface area contributed by atoms with Gasteiger partial charge in [-0.1, -0.05) is 48.5 Å². The van der Waals surface area contributed by atoms with Gasteiger partial charge in [0.15, 0.2) is 11.5 Å². The Morgan fingerprint density at radius 3 is 2.52 bits per heavy atom. The second-order valence-corrected chi connectivity index (χ2v) is 8.39. The Balaban J connectivity index is 1.65. The van der Waals surface area contributed by atoms with E-state index in [1.807, 2.05) is 18.2 Å². The predicted molar refractivity (Wildman–Crippen MR) is 124 cm³/mol. The number of ether oxygens (including phenoxy) is 1. The van der Waals surface area contributed by atoms with Gasteiger partial charge in [0, 0.05) is 17.5 Å². The second-order valence-electron chi connectivity index (χ2n) is 8.39. The lowest BCUT2D eigenvalue weighted by atomic mass is 10.1. The van der Waals surface area contributed by atoms with E-state index in [0.29, 0.717) is 34.8 Å². The molecule has 2 aromatic heterocycles. The van der Waals surface area contributed by atoms with E-state index in [4.69, 9.17) is 4.74 Å². The fourth-order valence-corrected chi connectivity index (χ4v) is 4.09. The van der Waals surface area contributed by atoms with Gasteiger partial charge in [0.05, 0.1) is 30.3 Å². The normalized spacial score (nSPS) is 14.4.